The number of nitrogens with zero attached hydrogens (tertiary/aromatic N) is 2. The largest absolute Gasteiger partial charge is 0.370 e. The van der Waals surface area contributed by atoms with Crippen molar-refractivity contribution in [2.75, 3.05) is 11.9 Å². The predicted molar refractivity (Wildman–Crippen MR) is 76.0 cm³/mol. The molecule has 2 unspecified atom stereocenters. The fourth-order valence-electron chi connectivity index (χ4n) is 2.71. The Kier molecular flexibility index (Phi) is 4.81. The lowest BCUT2D eigenvalue weighted by Crippen LogP contribution is -2.21. The van der Waals surface area contributed by atoms with Gasteiger partial charge in [0.25, 0.3) is 0 Å². The fraction of sp³-hybridized carbons (Fsp3) is 0.714. The molecule has 18 heavy (non-hydrogen) atoms. The van der Waals surface area contributed by atoms with Crippen molar-refractivity contribution in [1.82, 2.24) is 9.97 Å². The van der Waals surface area contributed by atoms with Crippen LogP contribution in [0.1, 0.15) is 45.4 Å². The minimum Gasteiger partial charge on any atom is -0.370 e. The first kappa shape index (κ1) is 13.6. The summed E-state index contributed by atoms with van der Waals surface area (Å²) in [7, 11) is 0. The van der Waals surface area contributed by atoms with Gasteiger partial charge in [0.1, 0.15) is 16.8 Å². The highest BCUT2D eigenvalue weighted by Crippen LogP contribution is 2.28. The maximum Gasteiger partial charge on any atom is 0.134 e. The minimum atomic E-state index is 0.529. The molecule has 1 N–H and O–H groups in total. The molecule has 2 rings (SSSR count). The quantitative estimate of drug-likeness (QED) is 0.840. The zero-order valence-electron chi connectivity index (χ0n) is 11.2. The smallest absolute Gasteiger partial charge is 0.134 e. The topological polar surface area (TPSA) is 37.8 Å². The van der Waals surface area contributed by atoms with E-state index in [-0.39, 0.29) is 0 Å². The van der Waals surface area contributed by atoms with Gasteiger partial charge in [-0.1, -0.05) is 38.3 Å². The van der Waals surface area contributed by atoms with E-state index in [1.165, 1.54) is 25.7 Å². The summed E-state index contributed by atoms with van der Waals surface area (Å²) in [5, 5.41) is 3.94. The van der Waals surface area contributed by atoms with Crippen LogP contribution in [-0.4, -0.2) is 16.5 Å². The van der Waals surface area contributed by atoms with Gasteiger partial charge < -0.3 is 5.32 Å². The molecule has 1 fully saturated rings. The molecule has 0 radical (unpaired) electrons. The van der Waals surface area contributed by atoms with Crippen LogP contribution in [0.25, 0.3) is 0 Å². The molecule has 1 heterocycles. The Hall–Kier alpha value is -0.830. The molecule has 4 heteroatoms. The zero-order valence-corrected chi connectivity index (χ0v) is 12.0. The lowest BCUT2D eigenvalue weighted by Gasteiger charge is -2.26. The van der Waals surface area contributed by atoms with E-state index in [4.69, 9.17) is 11.6 Å². The zero-order chi connectivity index (χ0) is 13.0. The van der Waals surface area contributed by atoms with Crippen molar-refractivity contribution >= 4 is 17.4 Å². The van der Waals surface area contributed by atoms with Crippen LogP contribution >= 0.6 is 11.6 Å². The van der Waals surface area contributed by atoms with Crippen LogP contribution in [0.5, 0.6) is 0 Å². The van der Waals surface area contributed by atoms with E-state index in [1.54, 1.807) is 0 Å². The number of halogens is 1. The third kappa shape index (κ3) is 3.84. The van der Waals surface area contributed by atoms with Crippen molar-refractivity contribution in [1.29, 1.82) is 0 Å². The Bertz CT molecular complexity index is 395. The maximum atomic E-state index is 5.98. The van der Waals surface area contributed by atoms with Crippen LogP contribution in [0.3, 0.4) is 0 Å². The van der Waals surface area contributed by atoms with Gasteiger partial charge in [-0.3, -0.25) is 0 Å². The standard InChI is InChI=1S/C14H22ClN3/c1-3-13-17-12(15)8-14(18-13)16-9-11-6-4-5-10(2)7-11/h8,10-11H,3-7,9H2,1-2H3,(H,16,17,18). The van der Waals surface area contributed by atoms with Crippen LogP contribution in [-0.2, 0) is 6.42 Å². The van der Waals surface area contributed by atoms with Gasteiger partial charge in [0.2, 0.25) is 0 Å². The SMILES string of the molecule is CCc1nc(Cl)cc(NCC2CCCC(C)C2)n1. The molecule has 0 spiro atoms. The van der Waals surface area contributed by atoms with Crippen molar-refractivity contribution in [2.24, 2.45) is 11.8 Å². The van der Waals surface area contributed by atoms with Crippen molar-refractivity contribution in [2.45, 2.75) is 46.0 Å². The van der Waals surface area contributed by atoms with Gasteiger partial charge in [0.15, 0.2) is 0 Å². The normalized spacial score (nSPS) is 23.9. The summed E-state index contributed by atoms with van der Waals surface area (Å²) < 4.78 is 0. The first-order valence-corrected chi connectivity index (χ1v) is 7.32. The highest BCUT2D eigenvalue weighted by atomic mass is 35.5. The molecule has 0 bridgehead atoms. The Balaban J connectivity index is 1.91. The number of aromatic nitrogens is 2. The van der Waals surface area contributed by atoms with Crippen LogP contribution in [0, 0.1) is 11.8 Å². The van der Waals surface area contributed by atoms with Gasteiger partial charge in [-0.2, -0.15) is 0 Å². The van der Waals surface area contributed by atoms with E-state index in [9.17, 15) is 0 Å². The second kappa shape index (κ2) is 6.37. The third-order valence-electron chi connectivity index (χ3n) is 3.67. The van der Waals surface area contributed by atoms with E-state index in [2.05, 4.69) is 22.2 Å². The average molecular weight is 268 g/mol. The van der Waals surface area contributed by atoms with Gasteiger partial charge >= 0.3 is 0 Å². The third-order valence-corrected chi connectivity index (χ3v) is 3.87. The summed E-state index contributed by atoms with van der Waals surface area (Å²) in [6, 6.07) is 1.81. The summed E-state index contributed by atoms with van der Waals surface area (Å²) in [5.74, 6) is 3.31. The molecule has 1 aromatic rings. The number of hydrogen-bond donors (Lipinski definition) is 1. The molecule has 1 aliphatic carbocycles. The highest BCUT2D eigenvalue weighted by Gasteiger charge is 2.18. The second-order valence-corrected chi connectivity index (χ2v) is 5.75. The molecule has 0 saturated heterocycles. The van der Waals surface area contributed by atoms with Crippen LogP contribution < -0.4 is 5.32 Å². The summed E-state index contributed by atoms with van der Waals surface area (Å²) in [6.45, 7) is 5.39. The van der Waals surface area contributed by atoms with E-state index in [0.29, 0.717) is 5.15 Å². The number of anilines is 1. The molecule has 1 aliphatic rings. The first-order chi connectivity index (χ1) is 8.67. The molecule has 1 aromatic heterocycles. The number of aryl methyl sites for hydroxylation is 1. The highest BCUT2D eigenvalue weighted by molar-refractivity contribution is 6.29. The Morgan fingerprint density at radius 2 is 2.22 bits per heavy atom. The average Bonchev–Trinajstić information content (AvgIpc) is 2.36. The van der Waals surface area contributed by atoms with Crippen molar-refractivity contribution in [3.63, 3.8) is 0 Å². The number of nitrogens with one attached hydrogen (secondary N) is 1. The van der Waals surface area contributed by atoms with E-state index in [0.717, 1.165) is 36.4 Å². The Morgan fingerprint density at radius 1 is 1.39 bits per heavy atom. The lowest BCUT2D eigenvalue weighted by atomic mass is 9.82. The summed E-state index contributed by atoms with van der Waals surface area (Å²) in [5.41, 5.74) is 0. The molecule has 3 nitrogen and oxygen atoms in total. The van der Waals surface area contributed by atoms with Gasteiger partial charge in [-0.15, -0.1) is 0 Å². The minimum absolute atomic E-state index is 0.529. The van der Waals surface area contributed by atoms with Crippen LogP contribution in [0.15, 0.2) is 6.07 Å². The van der Waals surface area contributed by atoms with E-state index >= 15 is 0 Å². The Labute approximate surface area is 114 Å². The van der Waals surface area contributed by atoms with Gasteiger partial charge in [0.05, 0.1) is 0 Å². The van der Waals surface area contributed by atoms with Crippen LogP contribution in [0.4, 0.5) is 5.82 Å². The van der Waals surface area contributed by atoms with E-state index < -0.39 is 0 Å². The molecule has 0 aromatic carbocycles. The molecular formula is C14H22ClN3. The number of rotatable bonds is 4. The van der Waals surface area contributed by atoms with Gasteiger partial charge in [0, 0.05) is 19.0 Å². The summed E-state index contributed by atoms with van der Waals surface area (Å²) in [6.07, 6.45) is 6.22. The Morgan fingerprint density at radius 3 is 2.94 bits per heavy atom. The predicted octanol–water partition coefficient (Wildman–Crippen LogP) is 3.93. The number of hydrogen-bond acceptors (Lipinski definition) is 3. The van der Waals surface area contributed by atoms with E-state index in [1.807, 2.05) is 13.0 Å². The molecule has 0 aliphatic heterocycles. The second-order valence-electron chi connectivity index (χ2n) is 5.36. The van der Waals surface area contributed by atoms with Crippen molar-refractivity contribution in [3.8, 4) is 0 Å². The van der Waals surface area contributed by atoms with Crippen molar-refractivity contribution in [3.05, 3.63) is 17.0 Å². The van der Waals surface area contributed by atoms with Gasteiger partial charge in [-0.05, 0) is 24.7 Å². The molecule has 1 saturated carbocycles. The molecule has 2 atom stereocenters. The van der Waals surface area contributed by atoms with Crippen molar-refractivity contribution < 1.29 is 0 Å². The summed E-state index contributed by atoms with van der Waals surface area (Å²) in [4.78, 5) is 8.62. The lowest BCUT2D eigenvalue weighted by molar-refractivity contribution is 0.293. The van der Waals surface area contributed by atoms with Crippen LogP contribution in [0.2, 0.25) is 5.15 Å². The maximum absolute atomic E-state index is 5.98. The monoisotopic (exact) mass is 267 g/mol. The molecule has 100 valence electrons. The fourth-order valence-corrected chi connectivity index (χ4v) is 2.91. The molecule has 0 amide bonds. The van der Waals surface area contributed by atoms with Gasteiger partial charge in [-0.25, -0.2) is 9.97 Å². The first-order valence-electron chi connectivity index (χ1n) is 6.94. The summed E-state index contributed by atoms with van der Waals surface area (Å²) >= 11 is 5.98. The molecular weight excluding hydrogens is 246 g/mol.